The number of rotatable bonds is 5. The molecule has 0 amide bonds. The molecule has 2 rings (SSSR count). The van der Waals surface area contributed by atoms with E-state index in [0.29, 0.717) is 0 Å². The average molecular weight is 398 g/mol. The monoisotopic (exact) mass is 398 g/mol. The lowest BCUT2D eigenvalue weighted by Gasteiger charge is -2.06. The van der Waals surface area contributed by atoms with Crippen molar-refractivity contribution in [2.45, 2.75) is 29.6 Å². The Kier molecular flexibility index (Phi) is 5.48. The number of hydrogen-bond acceptors (Lipinski definition) is 2. The minimum Gasteiger partial charge on any atom is -0.481 e. The molecule has 0 fully saturated rings. The molecule has 0 spiro atoms. The minimum atomic E-state index is -0.793. The summed E-state index contributed by atoms with van der Waals surface area (Å²) in [5.41, 5.74) is 2.20. The van der Waals surface area contributed by atoms with Gasteiger partial charge in [0.25, 0.3) is 0 Å². The molecule has 2 nitrogen and oxygen atoms in total. The van der Waals surface area contributed by atoms with Gasteiger partial charge in [0, 0.05) is 13.4 Å². The molecule has 104 valence electrons. The van der Waals surface area contributed by atoms with Crippen molar-refractivity contribution in [1.29, 1.82) is 0 Å². The van der Waals surface area contributed by atoms with E-state index in [4.69, 9.17) is 5.11 Å². The largest absolute Gasteiger partial charge is 0.481 e. The quantitative estimate of drug-likeness (QED) is 0.747. The molecule has 0 radical (unpaired) electrons. The molecule has 0 aliphatic rings. The molecule has 0 heterocycles. The van der Waals surface area contributed by atoms with Crippen LogP contribution >= 0.6 is 34.4 Å². The fraction of sp³-hybridized carbons (Fsp3) is 0.188. The van der Waals surface area contributed by atoms with Gasteiger partial charge in [0.1, 0.15) is 0 Å². The summed E-state index contributed by atoms with van der Waals surface area (Å²) in [6.45, 7) is 2.14. The second-order valence-corrected chi connectivity index (χ2v) is 6.73. The topological polar surface area (TPSA) is 37.3 Å². The number of aryl methyl sites for hydroxylation is 1. The highest BCUT2D eigenvalue weighted by molar-refractivity contribution is 14.1. The van der Waals surface area contributed by atoms with Crippen molar-refractivity contribution in [3.8, 4) is 0 Å². The van der Waals surface area contributed by atoms with Crippen molar-refractivity contribution >= 4 is 40.3 Å². The van der Waals surface area contributed by atoms with Crippen LogP contribution < -0.4 is 0 Å². The Morgan fingerprint density at radius 1 is 1.15 bits per heavy atom. The maximum Gasteiger partial charge on any atom is 0.307 e. The molecular weight excluding hydrogens is 383 g/mol. The van der Waals surface area contributed by atoms with Crippen LogP contribution in [0, 0.1) is 3.57 Å². The van der Waals surface area contributed by atoms with E-state index in [1.54, 1.807) is 11.8 Å². The first-order valence-electron chi connectivity index (χ1n) is 6.35. The summed E-state index contributed by atoms with van der Waals surface area (Å²) in [5.74, 6) is -0.793. The van der Waals surface area contributed by atoms with Crippen LogP contribution in [0.2, 0.25) is 0 Å². The van der Waals surface area contributed by atoms with E-state index in [0.717, 1.165) is 20.4 Å². The molecule has 0 bridgehead atoms. The number of benzene rings is 2. The van der Waals surface area contributed by atoms with Crippen LogP contribution in [0.5, 0.6) is 0 Å². The van der Waals surface area contributed by atoms with E-state index in [1.165, 1.54) is 10.5 Å². The molecule has 0 unspecified atom stereocenters. The predicted molar refractivity (Wildman–Crippen MR) is 90.4 cm³/mol. The van der Waals surface area contributed by atoms with E-state index in [-0.39, 0.29) is 6.42 Å². The number of carbonyl (C=O) groups is 1. The molecule has 2 aromatic carbocycles. The summed E-state index contributed by atoms with van der Waals surface area (Å²) in [7, 11) is 0. The van der Waals surface area contributed by atoms with Gasteiger partial charge in [-0.1, -0.05) is 36.9 Å². The third-order valence-electron chi connectivity index (χ3n) is 2.93. The van der Waals surface area contributed by atoms with Crippen LogP contribution in [-0.2, 0) is 17.6 Å². The van der Waals surface area contributed by atoms with Crippen molar-refractivity contribution in [2.24, 2.45) is 0 Å². The standard InChI is InChI=1S/C16H15IO2S/c1-2-11-3-6-13(7-4-11)20-14-8-5-12(9-16(18)19)15(17)10-14/h3-8,10H,2,9H2,1H3,(H,18,19). The first kappa shape index (κ1) is 15.4. The van der Waals surface area contributed by atoms with Crippen molar-refractivity contribution in [2.75, 3.05) is 0 Å². The van der Waals surface area contributed by atoms with Crippen LogP contribution in [0.4, 0.5) is 0 Å². The molecule has 20 heavy (non-hydrogen) atoms. The van der Waals surface area contributed by atoms with Crippen molar-refractivity contribution in [1.82, 2.24) is 0 Å². The van der Waals surface area contributed by atoms with Gasteiger partial charge >= 0.3 is 5.97 Å². The van der Waals surface area contributed by atoms with E-state index >= 15 is 0 Å². The molecule has 0 aromatic heterocycles. The summed E-state index contributed by atoms with van der Waals surface area (Å²) < 4.78 is 1.00. The number of aliphatic carboxylic acids is 1. The van der Waals surface area contributed by atoms with Gasteiger partial charge in [-0.05, 0) is 64.4 Å². The Balaban J connectivity index is 2.13. The molecule has 1 N–H and O–H groups in total. The lowest BCUT2D eigenvalue weighted by atomic mass is 10.2. The zero-order chi connectivity index (χ0) is 14.5. The second kappa shape index (κ2) is 7.13. The smallest absolute Gasteiger partial charge is 0.307 e. The highest BCUT2D eigenvalue weighted by atomic mass is 127. The SMILES string of the molecule is CCc1ccc(Sc2ccc(CC(=O)O)c(I)c2)cc1. The number of carboxylic acid groups (broad SMARTS) is 1. The van der Waals surface area contributed by atoms with Crippen LogP contribution in [0.25, 0.3) is 0 Å². The maximum absolute atomic E-state index is 10.7. The fourth-order valence-corrected chi connectivity index (χ4v) is 3.60. The lowest BCUT2D eigenvalue weighted by molar-refractivity contribution is -0.136. The zero-order valence-electron chi connectivity index (χ0n) is 11.1. The van der Waals surface area contributed by atoms with Gasteiger partial charge < -0.3 is 5.11 Å². The van der Waals surface area contributed by atoms with Crippen LogP contribution in [0.3, 0.4) is 0 Å². The van der Waals surface area contributed by atoms with Crippen LogP contribution in [0.15, 0.2) is 52.3 Å². The summed E-state index contributed by atoms with van der Waals surface area (Å²) in [5, 5.41) is 8.84. The Morgan fingerprint density at radius 3 is 2.35 bits per heavy atom. The normalized spacial score (nSPS) is 10.5. The first-order chi connectivity index (χ1) is 9.58. The first-order valence-corrected chi connectivity index (χ1v) is 8.25. The van der Waals surface area contributed by atoms with Gasteiger partial charge in [-0.2, -0.15) is 0 Å². The summed E-state index contributed by atoms with van der Waals surface area (Å²) in [6, 6.07) is 14.5. The molecule has 0 aliphatic heterocycles. The number of hydrogen-bond donors (Lipinski definition) is 1. The Hall–Kier alpha value is -1.01. The Labute approximate surface area is 136 Å². The molecule has 0 saturated heterocycles. The number of halogens is 1. The lowest BCUT2D eigenvalue weighted by Crippen LogP contribution is -2.01. The Morgan fingerprint density at radius 2 is 1.80 bits per heavy atom. The van der Waals surface area contributed by atoms with Gasteiger partial charge in [0.05, 0.1) is 6.42 Å². The van der Waals surface area contributed by atoms with Gasteiger partial charge in [-0.15, -0.1) is 0 Å². The van der Waals surface area contributed by atoms with Gasteiger partial charge in [-0.25, -0.2) is 0 Å². The van der Waals surface area contributed by atoms with Crippen molar-refractivity contribution in [3.63, 3.8) is 0 Å². The zero-order valence-corrected chi connectivity index (χ0v) is 14.1. The summed E-state index contributed by atoms with van der Waals surface area (Å²) in [4.78, 5) is 13.1. The second-order valence-electron chi connectivity index (χ2n) is 4.42. The predicted octanol–water partition coefficient (Wildman–Crippen LogP) is 4.63. The molecule has 0 aliphatic carbocycles. The highest BCUT2D eigenvalue weighted by Gasteiger charge is 2.06. The van der Waals surface area contributed by atoms with Gasteiger partial charge in [-0.3, -0.25) is 4.79 Å². The van der Waals surface area contributed by atoms with Crippen LogP contribution in [-0.4, -0.2) is 11.1 Å². The average Bonchev–Trinajstić information content (AvgIpc) is 2.42. The number of carboxylic acids is 1. The molecule has 2 aromatic rings. The van der Waals surface area contributed by atoms with Crippen molar-refractivity contribution < 1.29 is 9.90 Å². The third-order valence-corrected chi connectivity index (χ3v) is 4.94. The summed E-state index contributed by atoms with van der Waals surface area (Å²) in [6.07, 6.45) is 1.13. The van der Waals surface area contributed by atoms with Gasteiger partial charge in [0.15, 0.2) is 0 Å². The summed E-state index contributed by atoms with van der Waals surface area (Å²) >= 11 is 3.89. The minimum absolute atomic E-state index is 0.0778. The van der Waals surface area contributed by atoms with E-state index in [1.807, 2.05) is 18.2 Å². The van der Waals surface area contributed by atoms with E-state index in [9.17, 15) is 4.79 Å². The molecule has 0 atom stereocenters. The highest BCUT2D eigenvalue weighted by Crippen LogP contribution is 2.30. The fourth-order valence-electron chi connectivity index (χ4n) is 1.83. The third kappa shape index (κ3) is 4.24. The van der Waals surface area contributed by atoms with Crippen molar-refractivity contribution in [3.05, 3.63) is 57.2 Å². The van der Waals surface area contributed by atoms with Crippen LogP contribution in [0.1, 0.15) is 18.1 Å². The molecular formula is C16H15IO2S. The maximum atomic E-state index is 10.7. The Bertz CT molecular complexity index is 608. The molecule has 4 heteroatoms. The van der Waals surface area contributed by atoms with E-state index < -0.39 is 5.97 Å². The van der Waals surface area contributed by atoms with Gasteiger partial charge in [0.2, 0.25) is 0 Å². The van der Waals surface area contributed by atoms with E-state index in [2.05, 4.69) is 53.8 Å². The molecule has 0 saturated carbocycles.